The van der Waals surface area contributed by atoms with Gasteiger partial charge in [-0.2, -0.15) is 4.98 Å². The second-order valence-corrected chi connectivity index (χ2v) is 7.20. The van der Waals surface area contributed by atoms with E-state index in [1.807, 2.05) is 20.3 Å². The van der Waals surface area contributed by atoms with Crippen molar-refractivity contribution in [1.82, 2.24) is 24.7 Å². The van der Waals surface area contributed by atoms with Crippen LogP contribution in [0.3, 0.4) is 0 Å². The van der Waals surface area contributed by atoms with Gasteiger partial charge in [-0.05, 0) is 5.16 Å². The lowest BCUT2D eigenvalue weighted by Gasteiger charge is -2.13. The minimum absolute atomic E-state index is 0.0212. The Bertz CT molecular complexity index is 748. The van der Waals surface area contributed by atoms with Gasteiger partial charge >= 0.3 is 0 Å². The third kappa shape index (κ3) is 2.89. The average molecular weight is 321 g/mol. The van der Waals surface area contributed by atoms with E-state index in [0.29, 0.717) is 18.4 Å². The molecular weight excluding hydrogens is 302 g/mol. The van der Waals surface area contributed by atoms with E-state index in [0.717, 1.165) is 15.8 Å². The molecule has 22 heavy (non-hydrogen) atoms. The van der Waals surface area contributed by atoms with Gasteiger partial charge in [0.2, 0.25) is 16.0 Å². The summed E-state index contributed by atoms with van der Waals surface area (Å²) in [4.78, 5) is 11.5. The average Bonchev–Trinajstić information content (AvgIpc) is 3.09. The molecule has 0 aromatic carbocycles. The molecule has 0 atom stereocenters. The molecule has 0 bridgehead atoms. The smallest absolute Gasteiger partial charge is 0.265 e. The van der Waals surface area contributed by atoms with Crippen LogP contribution in [0.4, 0.5) is 11.1 Å². The van der Waals surface area contributed by atoms with Crippen molar-refractivity contribution in [3.63, 3.8) is 0 Å². The molecule has 0 fully saturated rings. The Morgan fingerprint density at radius 2 is 2.09 bits per heavy atom. The quantitative estimate of drug-likeness (QED) is 0.788. The number of imidazole rings is 1. The molecule has 0 spiro atoms. The van der Waals surface area contributed by atoms with E-state index in [1.54, 1.807) is 9.42 Å². The van der Waals surface area contributed by atoms with Gasteiger partial charge in [0.15, 0.2) is 0 Å². The van der Waals surface area contributed by atoms with Crippen molar-refractivity contribution in [2.75, 3.05) is 24.3 Å². The molecule has 0 saturated heterocycles. The number of nitrogens with zero attached hydrogens (tertiary/aromatic N) is 6. The maximum atomic E-state index is 5.16. The molecular formula is C13H19N7OS. The van der Waals surface area contributed by atoms with Gasteiger partial charge in [0.1, 0.15) is 0 Å². The molecule has 118 valence electrons. The van der Waals surface area contributed by atoms with Crippen molar-refractivity contribution >= 4 is 27.4 Å². The van der Waals surface area contributed by atoms with Crippen molar-refractivity contribution in [3.8, 4) is 0 Å². The lowest BCUT2D eigenvalue weighted by molar-refractivity contribution is 0.383. The highest BCUT2D eigenvalue weighted by Crippen LogP contribution is 2.25. The summed E-state index contributed by atoms with van der Waals surface area (Å²) in [5.41, 5.74) is 1.05. The maximum Gasteiger partial charge on any atom is 0.265 e. The zero-order valence-corrected chi connectivity index (χ0v) is 14.1. The number of fused-ring (bicyclic) bond motifs is 1. The van der Waals surface area contributed by atoms with Gasteiger partial charge in [-0.3, -0.25) is 0 Å². The van der Waals surface area contributed by atoms with Crippen LogP contribution < -0.4 is 10.2 Å². The fraction of sp³-hybridized carbons (Fsp3) is 0.538. The predicted octanol–water partition coefficient (Wildman–Crippen LogP) is 2.15. The molecule has 0 aliphatic rings. The maximum absolute atomic E-state index is 5.16. The molecule has 3 rings (SSSR count). The summed E-state index contributed by atoms with van der Waals surface area (Å²) in [6.07, 6.45) is 1.97. The number of nitrogens with one attached hydrogen (secondary N) is 1. The Morgan fingerprint density at radius 1 is 1.32 bits per heavy atom. The van der Waals surface area contributed by atoms with Gasteiger partial charge in [0.25, 0.3) is 5.95 Å². The molecule has 0 amide bonds. The summed E-state index contributed by atoms with van der Waals surface area (Å²) in [7, 11) is 3.73. The second kappa shape index (κ2) is 5.24. The minimum atomic E-state index is 0.0212. The fourth-order valence-corrected chi connectivity index (χ4v) is 2.56. The van der Waals surface area contributed by atoms with Crippen LogP contribution in [0.5, 0.6) is 0 Å². The van der Waals surface area contributed by atoms with Gasteiger partial charge in [0, 0.05) is 19.5 Å². The van der Waals surface area contributed by atoms with E-state index < -0.39 is 0 Å². The highest BCUT2D eigenvalue weighted by atomic mass is 32.1. The molecule has 1 N–H and O–H groups in total. The van der Waals surface area contributed by atoms with Gasteiger partial charge in [-0.25, -0.2) is 9.50 Å². The number of anilines is 2. The molecule has 3 heterocycles. The zero-order chi connectivity index (χ0) is 15.9. The van der Waals surface area contributed by atoms with Crippen molar-refractivity contribution in [1.29, 1.82) is 0 Å². The van der Waals surface area contributed by atoms with E-state index >= 15 is 0 Å². The number of hydrogen-bond donors (Lipinski definition) is 1. The molecule has 0 unspecified atom stereocenters. The van der Waals surface area contributed by atoms with Crippen LogP contribution in [0.25, 0.3) is 4.96 Å². The highest BCUT2D eigenvalue weighted by molar-refractivity contribution is 7.20. The summed E-state index contributed by atoms with van der Waals surface area (Å²) in [6.45, 7) is 6.84. The summed E-state index contributed by atoms with van der Waals surface area (Å²) < 4.78 is 6.95. The van der Waals surface area contributed by atoms with E-state index in [1.165, 1.54) is 11.3 Å². The lowest BCUT2D eigenvalue weighted by atomic mass is 9.93. The van der Waals surface area contributed by atoms with Crippen LogP contribution in [0.15, 0.2) is 10.7 Å². The van der Waals surface area contributed by atoms with Gasteiger partial charge in [0.05, 0.1) is 18.4 Å². The third-order valence-electron chi connectivity index (χ3n) is 3.06. The number of rotatable bonds is 4. The first-order chi connectivity index (χ1) is 10.3. The Balaban J connectivity index is 1.70. The second-order valence-electron chi connectivity index (χ2n) is 6.25. The van der Waals surface area contributed by atoms with Gasteiger partial charge < -0.3 is 14.7 Å². The monoisotopic (exact) mass is 321 g/mol. The summed E-state index contributed by atoms with van der Waals surface area (Å²) in [5.74, 6) is 1.08. The van der Waals surface area contributed by atoms with Crippen molar-refractivity contribution in [2.45, 2.75) is 32.7 Å². The van der Waals surface area contributed by atoms with Crippen LogP contribution in [0.1, 0.15) is 32.4 Å². The first-order valence-electron chi connectivity index (χ1n) is 6.93. The molecule has 8 nitrogen and oxygen atoms in total. The lowest BCUT2D eigenvalue weighted by Crippen LogP contribution is -2.11. The molecule has 0 radical (unpaired) electrons. The number of aromatic nitrogens is 5. The first kappa shape index (κ1) is 14.8. The molecule has 0 aliphatic carbocycles. The van der Waals surface area contributed by atoms with Crippen molar-refractivity contribution in [3.05, 3.63) is 17.8 Å². The van der Waals surface area contributed by atoms with E-state index in [9.17, 15) is 0 Å². The van der Waals surface area contributed by atoms with Crippen LogP contribution in [-0.4, -0.2) is 38.8 Å². The van der Waals surface area contributed by atoms with Crippen molar-refractivity contribution < 1.29 is 4.52 Å². The molecule has 9 heteroatoms. The highest BCUT2D eigenvalue weighted by Gasteiger charge is 2.19. The topological polar surface area (TPSA) is 84.4 Å². The summed E-state index contributed by atoms with van der Waals surface area (Å²) in [5, 5.41) is 12.3. The Labute approximate surface area is 132 Å². The fourth-order valence-electron chi connectivity index (χ4n) is 1.78. The molecule has 0 saturated carbocycles. The largest absolute Gasteiger partial charge is 0.351 e. The molecule has 3 aromatic heterocycles. The van der Waals surface area contributed by atoms with E-state index in [-0.39, 0.29) is 5.41 Å². The standard InChI is InChI=1S/C13H19N7OS/c1-13(2,3)8-7-20-12(15-8)22-11(17-20)14-6-9-16-10(18-21-9)19(4)5/h7H,6H2,1-5H3,(H,14,17). The summed E-state index contributed by atoms with van der Waals surface area (Å²) in [6, 6.07) is 0. The van der Waals surface area contributed by atoms with Crippen LogP contribution in [-0.2, 0) is 12.0 Å². The molecule has 3 aromatic rings. The van der Waals surface area contributed by atoms with Crippen LogP contribution in [0.2, 0.25) is 0 Å². The third-order valence-corrected chi connectivity index (χ3v) is 3.94. The van der Waals surface area contributed by atoms with E-state index in [2.05, 4.69) is 46.3 Å². The SMILES string of the molecule is CN(C)c1noc(CNc2nn3cc(C(C)(C)C)nc3s2)n1. The van der Waals surface area contributed by atoms with Crippen LogP contribution >= 0.6 is 11.3 Å². The minimum Gasteiger partial charge on any atom is -0.351 e. The van der Waals surface area contributed by atoms with E-state index in [4.69, 9.17) is 4.52 Å². The van der Waals surface area contributed by atoms with Crippen molar-refractivity contribution in [2.24, 2.45) is 0 Å². The molecule has 0 aliphatic heterocycles. The first-order valence-corrected chi connectivity index (χ1v) is 7.75. The van der Waals surface area contributed by atoms with Gasteiger partial charge in [-0.1, -0.05) is 32.1 Å². The Kier molecular flexibility index (Phi) is 3.51. The van der Waals surface area contributed by atoms with Crippen LogP contribution in [0, 0.1) is 0 Å². The Hall–Kier alpha value is -2.16. The predicted molar refractivity (Wildman–Crippen MR) is 85.5 cm³/mol. The number of hydrogen-bond acceptors (Lipinski definition) is 8. The normalized spacial score (nSPS) is 12.0. The Morgan fingerprint density at radius 3 is 2.68 bits per heavy atom. The summed E-state index contributed by atoms with van der Waals surface area (Å²) >= 11 is 1.50. The zero-order valence-electron chi connectivity index (χ0n) is 13.3. The van der Waals surface area contributed by atoms with Gasteiger partial charge in [-0.15, -0.1) is 5.10 Å².